The minimum absolute atomic E-state index is 0.131. The first-order chi connectivity index (χ1) is 28.0. The van der Waals surface area contributed by atoms with E-state index in [1.807, 2.05) is 0 Å². The zero-order valence-corrected chi connectivity index (χ0v) is 33.6. The Morgan fingerprint density at radius 1 is 0.456 bits per heavy atom. The van der Waals surface area contributed by atoms with E-state index in [1.54, 1.807) is 0 Å². The highest BCUT2D eigenvalue weighted by Gasteiger charge is 2.40. The molecule has 0 radical (unpaired) electrons. The third kappa shape index (κ3) is 6.05. The van der Waals surface area contributed by atoms with Gasteiger partial charge in [0.25, 0.3) is 0 Å². The topological polar surface area (TPSA) is 3.24 Å². The van der Waals surface area contributed by atoms with Crippen LogP contribution in [0.25, 0.3) is 44.2 Å². The van der Waals surface area contributed by atoms with E-state index in [9.17, 15) is 0 Å². The smallest absolute Gasteiger partial charge is 0.0468 e. The third-order valence-electron chi connectivity index (χ3n) is 14.7. The summed E-state index contributed by atoms with van der Waals surface area (Å²) >= 11 is 0. The highest BCUT2D eigenvalue weighted by molar-refractivity contribution is 5.93. The van der Waals surface area contributed by atoms with Crippen molar-refractivity contribution in [2.45, 2.75) is 88.9 Å². The molecule has 0 heterocycles. The van der Waals surface area contributed by atoms with Crippen molar-refractivity contribution in [3.63, 3.8) is 0 Å². The first-order valence-corrected chi connectivity index (χ1v) is 21.9. The van der Waals surface area contributed by atoms with E-state index in [1.165, 1.54) is 141 Å². The minimum Gasteiger partial charge on any atom is -0.310 e. The minimum atomic E-state index is -0.131. The average molecular weight is 740 g/mol. The van der Waals surface area contributed by atoms with Crippen molar-refractivity contribution in [3.8, 4) is 33.4 Å². The normalized spacial score (nSPS) is 20.8. The zero-order chi connectivity index (χ0) is 38.1. The lowest BCUT2D eigenvalue weighted by molar-refractivity contribution is 0.420. The van der Waals surface area contributed by atoms with Gasteiger partial charge in [0.1, 0.15) is 0 Å². The number of rotatable bonds is 7. The fraction of sp³-hybridized carbons (Fsp3) is 0.286. The molecule has 1 heteroatoms. The van der Waals surface area contributed by atoms with Gasteiger partial charge in [-0.1, -0.05) is 149 Å². The molecule has 0 spiro atoms. The van der Waals surface area contributed by atoms with Crippen LogP contribution in [0.2, 0.25) is 0 Å². The summed E-state index contributed by atoms with van der Waals surface area (Å²) in [6.07, 6.45) is 12.4. The summed E-state index contributed by atoms with van der Waals surface area (Å²) in [6, 6.07) is 58.2. The zero-order valence-electron chi connectivity index (χ0n) is 33.6. The Labute approximate surface area is 339 Å². The summed E-state index contributed by atoms with van der Waals surface area (Å²) in [6.45, 7) is 4.83. The van der Waals surface area contributed by atoms with Gasteiger partial charge in [-0.05, 0) is 165 Å². The molecule has 7 aromatic rings. The quantitative estimate of drug-likeness (QED) is 0.157. The second-order valence-corrected chi connectivity index (χ2v) is 18.4. The van der Waals surface area contributed by atoms with Crippen LogP contribution in [-0.2, 0) is 5.41 Å². The SMILES string of the molecule is CC1(C)c2ccc(-c3ccccc3-c3ccccc3)cc2-c2ccc(N(c3ccc(C4CC5CCC4C5)cc3)c3ccc4ccc(C5CCCCC5)cc4c3)cc21. The number of hydrogen-bond donors (Lipinski definition) is 0. The number of fused-ring (bicyclic) bond motifs is 6. The van der Waals surface area contributed by atoms with E-state index in [0.29, 0.717) is 5.92 Å². The van der Waals surface area contributed by atoms with Gasteiger partial charge in [-0.15, -0.1) is 0 Å². The molecule has 0 aliphatic heterocycles. The third-order valence-corrected chi connectivity index (χ3v) is 14.7. The summed E-state index contributed by atoms with van der Waals surface area (Å²) in [4.78, 5) is 2.53. The van der Waals surface area contributed by atoms with Crippen molar-refractivity contribution in [3.05, 3.63) is 174 Å². The molecule has 7 aromatic carbocycles. The maximum absolute atomic E-state index is 2.53. The van der Waals surface area contributed by atoms with Gasteiger partial charge in [0.15, 0.2) is 0 Å². The molecule has 282 valence electrons. The lowest BCUT2D eigenvalue weighted by Gasteiger charge is -2.29. The van der Waals surface area contributed by atoms with Crippen molar-refractivity contribution in [1.82, 2.24) is 0 Å². The first kappa shape index (κ1) is 34.8. The fourth-order valence-electron chi connectivity index (χ4n) is 11.7. The Balaban J connectivity index is 1.01. The number of benzene rings is 7. The monoisotopic (exact) mass is 739 g/mol. The summed E-state index contributed by atoms with van der Waals surface area (Å²) in [5, 5.41) is 2.66. The van der Waals surface area contributed by atoms with Crippen LogP contribution in [0, 0.1) is 11.8 Å². The predicted octanol–water partition coefficient (Wildman–Crippen LogP) is 15.9. The lowest BCUT2D eigenvalue weighted by atomic mass is 9.81. The van der Waals surface area contributed by atoms with Gasteiger partial charge < -0.3 is 4.90 Å². The maximum Gasteiger partial charge on any atom is 0.0468 e. The van der Waals surface area contributed by atoms with Gasteiger partial charge in [-0.2, -0.15) is 0 Å². The molecular formula is C56H53N. The van der Waals surface area contributed by atoms with Crippen molar-refractivity contribution in [2.75, 3.05) is 4.90 Å². The fourth-order valence-corrected chi connectivity index (χ4v) is 11.7. The van der Waals surface area contributed by atoms with Crippen LogP contribution in [0.15, 0.2) is 152 Å². The molecule has 11 rings (SSSR count). The van der Waals surface area contributed by atoms with Crippen LogP contribution < -0.4 is 4.90 Å². The van der Waals surface area contributed by atoms with Crippen molar-refractivity contribution in [2.24, 2.45) is 11.8 Å². The first-order valence-electron chi connectivity index (χ1n) is 21.9. The molecule has 0 amide bonds. The summed E-state index contributed by atoms with van der Waals surface area (Å²) in [5.41, 5.74) is 17.2. The van der Waals surface area contributed by atoms with Crippen LogP contribution in [0.4, 0.5) is 17.1 Å². The van der Waals surface area contributed by atoms with Crippen LogP contribution in [0.1, 0.15) is 106 Å². The molecule has 0 aromatic heterocycles. The summed E-state index contributed by atoms with van der Waals surface area (Å²) < 4.78 is 0. The number of hydrogen-bond acceptors (Lipinski definition) is 1. The van der Waals surface area contributed by atoms with Gasteiger partial charge in [-0.3, -0.25) is 0 Å². The van der Waals surface area contributed by atoms with E-state index >= 15 is 0 Å². The van der Waals surface area contributed by atoms with E-state index in [2.05, 4.69) is 170 Å². The van der Waals surface area contributed by atoms with Gasteiger partial charge in [-0.25, -0.2) is 0 Å². The van der Waals surface area contributed by atoms with Gasteiger partial charge >= 0.3 is 0 Å². The second-order valence-electron chi connectivity index (χ2n) is 18.4. The largest absolute Gasteiger partial charge is 0.310 e. The molecule has 0 saturated heterocycles. The number of anilines is 3. The van der Waals surface area contributed by atoms with Crippen molar-refractivity contribution >= 4 is 27.8 Å². The molecular weight excluding hydrogens is 687 g/mol. The summed E-state index contributed by atoms with van der Waals surface area (Å²) in [7, 11) is 0. The Morgan fingerprint density at radius 3 is 1.93 bits per heavy atom. The van der Waals surface area contributed by atoms with Crippen LogP contribution in [0.5, 0.6) is 0 Å². The molecule has 3 unspecified atom stereocenters. The van der Waals surface area contributed by atoms with Crippen molar-refractivity contribution in [1.29, 1.82) is 0 Å². The highest BCUT2D eigenvalue weighted by atomic mass is 15.1. The van der Waals surface area contributed by atoms with E-state index in [4.69, 9.17) is 0 Å². The van der Waals surface area contributed by atoms with Crippen molar-refractivity contribution < 1.29 is 0 Å². The average Bonchev–Trinajstić information content (AvgIpc) is 3.97. The molecule has 1 nitrogen and oxygen atoms in total. The Bertz CT molecular complexity index is 2610. The van der Waals surface area contributed by atoms with Gasteiger partial charge in [0.05, 0.1) is 0 Å². The Hall–Kier alpha value is -5.40. The lowest BCUT2D eigenvalue weighted by Crippen LogP contribution is -2.16. The van der Waals surface area contributed by atoms with E-state index in [-0.39, 0.29) is 5.41 Å². The maximum atomic E-state index is 2.53. The predicted molar refractivity (Wildman–Crippen MR) is 241 cm³/mol. The molecule has 4 aliphatic carbocycles. The van der Waals surface area contributed by atoms with E-state index in [0.717, 1.165) is 17.8 Å². The standard InChI is InChI=1S/C56H53N/c1-56(2)54-30-24-44(50-16-10-9-15-49(50)40-13-7-4-8-14-40)35-53(54)51-29-28-48(36-55(51)56)57(46-25-22-41(23-26-46)52-32-37-17-18-43(52)31-37)47-27-21-39-19-20-42(33-45(39)34-47)38-11-5-3-6-12-38/h4,7-10,13-16,19-30,33-38,43,52H,3,5-6,11-12,17-18,31-32H2,1-2H3. The molecule has 4 aliphatic rings. The van der Waals surface area contributed by atoms with Crippen LogP contribution >= 0.6 is 0 Å². The second kappa shape index (κ2) is 13.9. The molecule has 57 heavy (non-hydrogen) atoms. The molecule has 3 atom stereocenters. The molecule has 2 bridgehead atoms. The molecule has 3 saturated carbocycles. The summed E-state index contributed by atoms with van der Waals surface area (Å²) in [5.74, 6) is 3.24. The van der Waals surface area contributed by atoms with Gasteiger partial charge in [0.2, 0.25) is 0 Å². The number of nitrogens with zero attached hydrogens (tertiary/aromatic N) is 1. The molecule has 3 fully saturated rings. The van der Waals surface area contributed by atoms with Crippen LogP contribution in [-0.4, -0.2) is 0 Å². The van der Waals surface area contributed by atoms with E-state index < -0.39 is 0 Å². The molecule has 0 N–H and O–H groups in total. The van der Waals surface area contributed by atoms with Gasteiger partial charge in [0, 0.05) is 22.5 Å². The Morgan fingerprint density at radius 2 is 1.16 bits per heavy atom. The Kier molecular flexibility index (Phi) is 8.50. The van der Waals surface area contributed by atoms with Crippen LogP contribution in [0.3, 0.4) is 0 Å². The highest BCUT2D eigenvalue weighted by Crippen LogP contribution is 2.54.